The van der Waals surface area contributed by atoms with Crippen LogP contribution in [-0.4, -0.2) is 22.3 Å². The molecule has 10 atom stereocenters. The molecule has 5 saturated carbocycles. The van der Waals surface area contributed by atoms with E-state index in [1.54, 1.807) is 0 Å². The van der Waals surface area contributed by atoms with Crippen molar-refractivity contribution in [3.8, 4) is 0 Å². The SMILES string of the molecule is O=C1C2CC(Cl)CCC2C2CC3C(=O)C4CC(Cl)CCC4C3CC12. The molecule has 5 fully saturated rings. The molecule has 5 aliphatic rings. The summed E-state index contributed by atoms with van der Waals surface area (Å²) in [7, 11) is 0. The van der Waals surface area contributed by atoms with Crippen LogP contribution in [-0.2, 0) is 9.59 Å². The maximum Gasteiger partial charge on any atom is 0.139 e. The number of alkyl halides is 2. The molecule has 132 valence electrons. The fraction of sp³-hybridized carbons (Fsp3) is 0.900. The lowest BCUT2D eigenvalue weighted by Crippen LogP contribution is -2.35. The molecule has 2 nitrogen and oxygen atoms in total. The molecule has 5 aliphatic carbocycles. The van der Waals surface area contributed by atoms with Crippen molar-refractivity contribution in [3.05, 3.63) is 0 Å². The van der Waals surface area contributed by atoms with Crippen LogP contribution >= 0.6 is 23.2 Å². The predicted molar refractivity (Wildman–Crippen MR) is 94.2 cm³/mol. The van der Waals surface area contributed by atoms with Gasteiger partial charge in [0.1, 0.15) is 11.6 Å². The van der Waals surface area contributed by atoms with Crippen LogP contribution in [0.15, 0.2) is 0 Å². The lowest BCUT2D eigenvalue weighted by molar-refractivity contribution is -0.129. The monoisotopic (exact) mass is 368 g/mol. The summed E-state index contributed by atoms with van der Waals surface area (Å²) in [4.78, 5) is 26.1. The van der Waals surface area contributed by atoms with E-state index in [4.69, 9.17) is 23.2 Å². The van der Waals surface area contributed by atoms with Crippen LogP contribution in [0.4, 0.5) is 0 Å². The number of hydrogen-bond donors (Lipinski definition) is 0. The minimum absolute atomic E-state index is 0.180. The third kappa shape index (κ3) is 2.21. The van der Waals surface area contributed by atoms with E-state index >= 15 is 0 Å². The van der Waals surface area contributed by atoms with Gasteiger partial charge in [0.25, 0.3) is 0 Å². The van der Waals surface area contributed by atoms with E-state index in [1.807, 2.05) is 0 Å². The average molecular weight is 369 g/mol. The van der Waals surface area contributed by atoms with Gasteiger partial charge in [-0.15, -0.1) is 23.2 Å². The van der Waals surface area contributed by atoms with Crippen molar-refractivity contribution in [2.75, 3.05) is 0 Å². The topological polar surface area (TPSA) is 34.1 Å². The number of Topliss-reactive ketones (excluding diaryl/α,β-unsaturated/α-hetero) is 2. The molecule has 24 heavy (non-hydrogen) atoms. The van der Waals surface area contributed by atoms with Gasteiger partial charge in [-0.3, -0.25) is 9.59 Å². The van der Waals surface area contributed by atoms with E-state index in [-0.39, 0.29) is 34.4 Å². The molecule has 0 saturated heterocycles. The Morgan fingerprint density at radius 1 is 0.542 bits per heavy atom. The molecule has 0 aliphatic heterocycles. The zero-order valence-corrected chi connectivity index (χ0v) is 15.5. The number of carbonyl (C=O) groups is 2. The van der Waals surface area contributed by atoms with Crippen LogP contribution in [0.2, 0.25) is 0 Å². The van der Waals surface area contributed by atoms with Gasteiger partial charge in [0, 0.05) is 34.4 Å². The van der Waals surface area contributed by atoms with Crippen molar-refractivity contribution in [2.45, 2.75) is 62.1 Å². The van der Waals surface area contributed by atoms with E-state index < -0.39 is 0 Å². The average Bonchev–Trinajstić information content (AvgIpc) is 2.99. The molecule has 0 aromatic heterocycles. The van der Waals surface area contributed by atoms with Gasteiger partial charge in [0.15, 0.2) is 0 Å². The highest BCUT2D eigenvalue weighted by Gasteiger charge is 2.60. The van der Waals surface area contributed by atoms with Crippen LogP contribution < -0.4 is 0 Å². The Balaban J connectivity index is 1.42. The smallest absolute Gasteiger partial charge is 0.139 e. The Kier molecular flexibility index (Phi) is 3.83. The molecular weight excluding hydrogens is 343 g/mol. The Morgan fingerprint density at radius 3 is 1.33 bits per heavy atom. The van der Waals surface area contributed by atoms with Gasteiger partial charge in [-0.1, -0.05) is 0 Å². The van der Waals surface area contributed by atoms with Crippen LogP contribution in [0.5, 0.6) is 0 Å². The zero-order valence-electron chi connectivity index (χ0n) is 14.0. The van der Waals surface area contributed by atoms with Gasteiger partial charge in [0.05, 0.1) is 0 Å². The fourth-order valence-electron chi connectivity index (χ4n) is 7.38. The molecule has 0 aromatic carbocycles. The Hall–Kier alpha value is -0.0800. The summed E-state index contributed by atoms with van der Waals surface area (Å²) in [5.74, 6) is 3.77. The van der Waals surface area contributed by atoms with E-state index in [2.05, 4.69) is 0 Å². The number of hydrogen-bond acceptors (Lipinski definition) is 2. The first kappa shape index (κ1) is 16.1. The first-order valence-corrected chi connectivity index (χ1v) is 10.8. The Morgan fingerprint density at radius 2 is 0.917 bits per heavy atom. The molecule has 4 heteroatoms. The van der Waals surface area contributed by atoms with Crippen LogP contribution in [0.1, 0.15) is 51.4 Å². The first-order chi connectivity index (χ1) is 11.5. The summed E-state index contributed by atoms with van der Waals surface area (Å²) in [6.45, 7) is 0. The molecule has 0 heterocycles. The van der Waals surface area contributed by atoms with Crippen LogP contribution in [0.25, 0.3) is 0 Å². The van der Waals surface area contributed by atoms with E-state index in [9.17, 15) is 9.59 Å². The summed E-state index contributed by atoms with van der Waals surface area (Å²) >= 11 is 12.7. The molecule has 0 aromatic rings. The minimum Gasteiger partial charge on any atom is -0.299 e. The summed E-state index contributed by atoms with van der Waals surface area (Å²) in [5, 5.41) is 0.361. The third-order valence-electron chi connectivity index (χ3n) is 8.33. The number of rotatable bonds is 0. The Labute approximate surface area is 154 Å². The molecule has 0 bridgehead atoms. The highest BCUT2D eigenvalue weighted by atomic mass is 35.5. The lowest BCUT2D eigenvalue weighted by Gasteiger charge is -2.39. The van der Waals surface area contributed by atoms with Crippen molar-refractivity contribution >= 4 is 34.8 Å². The molecule has 0 spiro atoms. The first-order valence-electron chi connectivity index (χ1n) is 9.90. The molecular formula is C20H26Cl2O2. The van der Waals surface area contributed by atoms with Crippen LogP contribution in [0, 0.1) is 47.3 Å². The van der Waals surface area contributed by atoms with Crippen molar-refractivity contribution < 1.29 is 9.59 Å². The summed E-state index contributed by atoms with van der Waals surface area (Å²) < 4.78 is 0. The molecule has 0 N–H and O–H groups in total. The zero-order chi connectivity index (χ0) is 16.6. The fourth-order valence-corrected chi connectivity index (χ4v) is 8.02. The van der Waals surface area contributed by atoms with Crippen molar-refractivity contribution in [3.63, 3.8) is 0 Å². The summed E-state index contributed by atoms with van der Waals surface area (Å²) in [5.41, 5.74) is 0. The second-order valence-corrected chi connectivity index (χ2v) is 10.4. The van der Waals surface area contributed by atoms with E-state index in [0.717, 1.165) is 51.4 Å². The highest BCUT2D eigenvalue weighted by Crippen LogP contribution is 2.61. The molecule has 0 radical (unpaired) electrons. The second kappa shape index (κ2) is 5.71. The second-order valence-electron chi connectivity index (χ2n) is 9.18. The van der Waals surface area contributed by atoms with E-state index in [1.165, 1.54) is 0 Å². The highest BCUT2D eigenvalue weighted by molar-refractivity contribution is 6.21. The summed E-state index contributed by atoms with van der Waals surface area (Å²) in [6.07, 6.45) is 7.98. The standard InChI is InChI=1S/C20H26Cl2O2/c21-9-1-3-11-13-7-18-14(8-17(13)19(23)15(11)5-9)12-4-2-10(22)6-16(12)20(18)24/h9-18H,1-8H2. The maximum atomic E-state index is 13.0. The van der Waals surface area contributed by atoms with Gasteiger partial charge < -0.3 is 0 Å². The predicted octanol–water partition coefficient (Wildman–Crippen LogP) is 4.46. The summed E-state index contributed by atoms with van der Waals surface area (Å²) in [6, 6.07) is 0. The van der Waals surface area contributed by atoms with Gasteiger partial charge in [-0.2, -0.15) is 0 Å². The molecule has 5 rings (SSSR count). The van der Waals surface area contributed by atoms with Gasteiger partial charge in [0.2, 0.25) is 0 Å². The number of fused-ring (bicyclic) bond motifs is 6. The number of carbonyl (C=O) groups excluding carboxylic acids is 2. The largest absolute Gasteiger partial charge is 0.299 e. The van der Waals surface area contributed by atoms with Crippen LogP contribution in [0.3, 0.4) is 0 Å². The van der Waals surface area contributed by atoms with Gasteiger partial charge >= 0.3 is 0 Å². The Bertz CT molecular complexity index is 526. The van der Waals surface area contributed by atoms with Crippen molar-refractivity contribution in [2.24, 2.45) is 47.3 Å². The van der Waals surface area contributed by atoms with Crippen molar-refractivity contribution in [1.82, 2.24) is 0 Å². The normalized spacial score (nSPS) is 56.4. The van der Waals surface area contributed by atoms with Gasteiger partial charge in [-0.05, 0) is 75.0 Å². The molecule has 0 amide bonds. The van der Waals surface area contributed by atoms with Crippen molar-refractivity contribution in [1.29, 1.82) is 0 Å². The quantitative estimate of drug-likeness (QED) is 0.591. The number of ketones is 2. The maximum absolute atomic E-state index is 13.0. The van der Waals surface area contributed by atoms with Gasteiger partial charge in [-0.25, -0.2) is 0 Å². The van der Waals surface area contributed by atoms with E-state index in [0.29, 0.717) is 35.2 Å². The molecule has 10 unspecified atom stereocenters. The third-order valence-corrected chi connectivity index (χ3v) is 9.12. The lowest BCUT2D eigenvalue weighted by atomic mass is 9.65. The number of halogens is 2. The minimum atomic E-state index is 0.180.